The van der Waals surface area contributed by atoms with Gasteiger partial charge in [-0.25, -0.2) is 4.98 Å². The van der Waals surface area contributed by atoms with Crippen LogP contribution in [0.1, 0.15) is 30.0 Å². The van der Waals surface area contributed by atoms with E-state index < -0.39 is 24.0 Å². The molecule has 8 nitrogen and oxygen atoms in total. The van der Waals surface area contributed by atoms with Crippen LogP contribution in [0.25, 0.3) is 44.9 Å². The molecule has 0 radical (unpaired) electrons. The molecule has 3 heterocycles. The third-order valence-electron chi connectivity index (χ3n) is 6.65. The first-order valence-corrected chi connectivity index (χ1v) is 11.9. The van der Waals surface area contributed by atoms with Crippen LogP contribution in [0.3, 0.4) is 0 Å². The van der Waals surface area contributed by atoms with E-state index in [0.29, 0.717) is 5.56 Å². The van der Waals surface area contributed by atoms with Gasteiger partial charge in [-0.2, -0.15) is 9.37 Å². The van der Waals surface area contributed by atoms with E-state index >= 15 is 0 Å². The van der Waals surface area contributed by atoms with E-state index in [1.54, 1.807) is 6.07 Å². The number of rotatable bonds is 6. The van der Waals surface area contributed by atoms with Crippen molar-refractivity contribution in [2.45, 2.75) is 31.5 Å². The number of pyridine rings is 1. The highest BCUT2D eigenvalue weighted by Gasteiger charge is 2.32. The number of aryl methyl sites for hydroxylation is 1. The molecule has 12 heteroatoms. The third-order valence-corrected chi connectivity index (χ3v) is 6.65. The number of fused-ring (bicyclic) bond motifs is 3. The summed E-state index contributed by atoms with van der Waals surface area (Å²) >= 11 is 0. The number of carboxylic acids is 1. The number of carboxylic acid groups (broad SMARTS) is 1. The molecule has 0 aliphatic heterocycles. The number of H-pyrrole nitrogens is 1. The topological polar surface area (TPSA) is 114 Å². The van der Waals surface area contributed by atoms with Crippen LogP contribution in [0.15, 0.2) is 59.3 Å². The maximum absolute atomic E-state index is 14.3. The number of alkyl halides is 3. The third kappa shape index (κ3) is 4.80. The number of ether oxygens (including phenoxy) is 1. The van der Waals surface area contributed by atoms with Crippen molar-refractivity contribution >= 4 is 16.9 Å². The van der Waals surface area contributed by atoms with Crippen LogP contribution in [0.5, 0.6) is 5.75 Å². The van der Waals surface area contributed by atoms with Crippen LogP contribution < -0.4 is 4.74 Å². The number of nitrogens with zero attached hydrogens (tertiary/aromatic N) is 3. The van der Waals surface area contributed by atoms with Crippen LogP contribution >= 0.6 is 0 Å². The van der Waals surface area contributed by atoms with Crippen LogP contribution in [-0.4, -0.2) is 37.5 Å². The lowest BCUT2D eigenvalue weighted by atomic mass is 10.0. The Morgan fingerprint density at radius 1 is 1.13 bits per heavy atom. The first-order valence-electron chi connectivity index (χ1n) is 11.9. The van der Waals surface area contributed by atoms with Crippen molar-refractivity contribution in [3.63, 3.8) is 0 Å². The predicted octanol–water partition coefficient (Wildman–Crippen LogP) is 6.49. The highest BCUT2D eigenvalue weighted by Crippen LogP contribution is 2.41. The van der Waals surface area contributed by atoms with E-state index in [2.05, 4.69) is 24.8 Å². The molecule has 0 spiro atoms. The van der Waals surface area contributed by atoms with Crippen molar-refractivity contribution in [1.29, 1.82) is 0 Å². The molecule has 1 aliphatic carbocycles. The molecule has 1 aliphatic rings. The van der Waals surface area contributed by atoms with Crippen molar-refractivity contribution in [2.75, 3.05) is 0 Å². The quantitative estimate of drug-likeness (QED) is 0.188. The summed E-state index contributed by atoms with van der Waals surface area (Å²) in [5.41, 5.74) is 3.55. The SMILES string of the molecule is O=C(O)CC1CCc2c1[nH]c1ccc(-c3noc(-c4cc(OC(F)(F)F)cc(-c5cccnc5F)c4)n3)cc21. The Kier molecular flexibility index (Phi) is 5.82. The Morgan fingerprint density at radius 2 is 1.95 bits per heavy atom. The minimum Gasteiger partial charge on any atom is -0.481 e. The van der Waals surface area contributed by atoms with Gasteiger partial charge in [-0.15, -0.1) is 13.2 Å². The summed E-state index contributed by atoms with van der Waals surface area (Å²) < 4.78 is 62.8. The summed E-state index contributed by atoms with van der Waals surface area (Å²) in [5, 5.41) is 14.1. The first-order chi connectivity index (χ1) is 18.6. The second kappa shape index (κ2) is 9.22. The van der Waals surface area contributed by atoms with Gasteiger partial charge in [0.05, 0.1) is 6.42 Å². The van der Waals surface area contributed by atoms with Gasteiger partial charge in [0, 0.05) is 45.4 Å². The standard InChI is InChI=1S/C27H18F4N4O4/c28-24-18(2-1-7-32-24)15-8-16(10-17(9-15)38-27(29,30)31)26-34-25(35-39-26)14-4-6-21-20(11-14)19-5-3-13(12-22(36)37)23(19)33-21/h1-2,4,6-11,13,33H,3,5,12H2,(H,36,37). The molecule has 5 aromatic rings. The lowest BCUT2D eigenvalue weighted by molar-refractivity contribution is -0.274. The molecule has 1 unspecified atom stereocenters. The number of halogens is 4. The van der Waals surface area contributed by atoms with Gasteiger partial charge in [0.25, 0.3) is 5.89 Å². The van der Waals surface area contributed by atoms with Crippen LogP contribution in [-0.2, 0) is 11.2 Å². The van der Waals surface area contributed by atoms with E-state index in [0.717, 1.165) is 47.1 Å². The summed E-state index contributed by atoms with van der Waals surface area (Å²) in [7, 11) is 0. The van der Waals surface area contributed by atoms with Gasteiger partial charge in [-0.1, -0.05) is 5.16 Å². The monoisotopic (exact) mass is 538 g/mol. The van der Waals surface area contributed by atoms with Gasteiger partial charge in [0.15, 0.2) is 0 Å². The normalized spacial score (nSPS) is 15.0. The number of aromatic nitrogens is 4. The molecular weight excluding hydrogens is 520 g/mol. The Bertz CT molecular complexity index is 1730. The summed E-state index contributed by atoms with van der Waals surface area (Å²) in [5.74, 6) is -2.29. The zero-order valence-electron chi connectivity index (χ0n) is 19.9. The number of hydrogen-bond acceptors (Lipinski definition) is 6. The number of hydrogen-bond donors (Lipinski definition) is 2. The van der Waals surface area contributed by atoms with Crippen LogP contribution in [0.2, 0.25) is 0 Å². The first kappa shape index (κ1) is 24.6. The largest absolute Gasteiger partial charge is 0.573 e. The Morgan fingerprint density at radius 3 is 2.72 bits per heavy atom. The number of carbonyl (C=O) groups is 1. The Labute approximate surface area is 217 Å². The number of nitrogens with one attached hydrogen (secondary N) is 1. The van der Waals surface area contributed by atoms with Crippen molar-refractivity contribution in [1.82, 2.24) is 20.1 Å². The lowest BCUT2D eigenvalue weighted by Gasteiger charge is -2.12. The molecule has 0 fully saturated rings. The second-order valence-corrected chi connectivity index (χ2v) is 9.17. The zero-order valence-corrected chi connectivity index (χ0v) is 19.9. The fourth-order valence-corrected chi connectivity index (χ4v) is 5.03. The number of aliphatic carboxylic acids is 1. The zero-order chi connectivity index (χ0) is 27.3. The summed E-state index contributed by atoms with van der Waals surface area (Å²) in [6.45, 7) is 0. The average molecular weight is 538 g/mol. The number of aromatic amines is 1. The molecule has 3 aromatic heterocycles. The van der Waals surface area contributed by atoms with Gasteiger partial charge >= 0.3 is 12.3 Å². The van der Waals surface area contributed by atoms with Gasteiger partial charge in [-0.3, -0.25) is 4.79 Å². The van der Waals surface area contributed by atoms with Crippen molar-refractivity contribution in [2.24, 2.45) is 0 Å². The molecule has 198 valence electrons. The molecule has 0 bridgehead atoms. The highest BCUT2D eigenvalue weighted by atomic mass is 19.4. The fraction of sp³-hybridized carbons (Fsp3) is 0.185. The number of benzene rings is 2. The Hall–Kier alpha value is -4.74. The van der Waals surface area contributed by atoms with E-state index in [4.69, 9.17) is 4.52 Å². The molecule has 39 heavy (non-hydrogen) atoms. The maximum Gasteiger partial charge on any atom is 0.573 e. The average Bonchev–Trinajstić information content (AvgIpc) is 3.59. The van der Waals surface area contributed by atoms with Crippen molar-refractivity contribution < 1.29 is 36.7 Å². The smallest absolute Gasteiger partial charge is 0.481 e. The summed E-state index contributed by atoms with van der Waals surface area (Å²) in [4.78, 5) is 22.5. The Balaban J connectivity index is 1.38. The van der Waals surface area contributed by atoms with E-state index in [1.807, 2.05) is 12.1 Å². The molecule has 6 rings (SSSR count). The minimum absolute atomic E-state index is 0.0286. The summed E-state index contributed by atoms with van der Waals surface area (Å²) in [6, 6.07) is 11.8. The molecule has 1 atom stereocenters. The molecular formula is C27H18F4N4O4. The fourth-order valence-electron chi connectivity index (χ4n) is 5.03. The van der Waals surface area contributed by atoms with Gasteiger partial charge in [-0.05, 0) is 72.5 Å². The second-order valence-electron chi connectivity index (χ2n) is 9.17. The van der Waals surface area contributed by atoms with Crippen molar-refractivity contribution in [3.8, 4) is 39.7 Å². The predicted molar refractivity (Wildman–Crippen MR) is 130 cm³/mol. The van der Waals surface area contributed by atoms with Crippen LogP contribution in [0.4, 0.5) is 17.6 Å². The molecule has 0 saturated carbocycles. The molecule has 2 aromatic carbocycles. The van der Waals surface area contributed by atoms with Gasteiger partial charge < -0.3 is 19.4 Å². The van der Waals surface area contributed by atoms with Crippen LogP contribution in [0, 0.1) is 5.95 Å². The maximum atomic E-state index is 14.3. The molecule has 2 N–H and O–H groups in total. The summed E-state index contributed by atoms with van der Waals surface area (Å²) in [6.07, 6.45) is -2.24. The van der Waals surface area contributed by atoms with Gasteiger partial charge in [0.1, 0.15) is 5.75 Å². The highest BCUT2D eigenvalue weighted by molar-refractivity contribution is 5.89. The minimum atomic E-state index is -4.97. The van der Waals surface area contributed by atoms with Crippen molar-refractivity contribution in [3.05, 3.63) is 71.9 Å². The van der Waals surface area contributed by atoms with Gasteiger partial charge in [0.2, 0.25) is 11.8 Å². The van der Waals surface area contributed by atoms with E-state index in [-0.39, 0.29) is 40.7 Å². The molecule has 0 amide bonds. The van der Waals surface area contributed by atoms with E-state index in [1.165, 1.54) is 24.4 Å². The lowest BCUT2D eigenvalue weighted by Crippen LogP contribution is -2.17. The molecule has 0 saturated heterocycles. The van der Waals surface area contributed by atoms with E-state index in [9.17, 15) is 27.5 Å².